The number of ketones is 1. The lowest BCUT2D eigenvalue weighted by molar-refractivity contribution is -0.385. The van der Waals surface area contributed by atoms with Gasteiger partial charge >= 0.3 is 5.97 Å². The number of nitrogens with zero attached hydrogens (tertiary/aromatic N) is 1. The van der Waals surface area contributed by atoms with Crippen LogP contribution in [0.1, 0.15) is 47.1 Å². The van der Waals surface area contributed by atoms with Crippen LogP contribution in [-0.2, 0) is 10.2 Å². The van der Waals surface area contributed by atoms with Gasteiger partial charge in [0.2, 0.25) is 0 Å². The quantitative estimate of drug-likeness (QED) is 0.330. The number of ether oxygens (including phenoxy) is 1. The molecular formula is C19H18ClNO5. The molecule has 2 rings (SSSR count). The zero-order valence-electron chi connectivity index (χ0n) is 14.6. The molecule has 0 radical (unpaired) electrons. The highest BCUT2D eigenvalue weighted by atomic mass is 35.5. The number of halogens is 1. The molecule has 26 heavy (non-hydrogen) atoms. The number of benzene rings is 2. The van der Waals surface area contributed by atoms with Gasteiger partial charge in [0, 0.05) is 16.7 Å². The van der Waals surface area contributed by atoms with Crippen LogP contribution in [0.4, 0.5) is 5.69 Å². The summed E-state index contributed by atoms with van der Waals surface area (Å²) in [4.78, 5) is 34.6. The maximum absolute atomic E-state index is 12.2. The van der Waals surface area contributed by atoms with Crippen molar-refractivity contribution in [3.8, 4) is 0 Å². The third-order valence-corrected chi connectivity index (χ3v) is 4.02. The highest BCUT2D eigenvalue weighted by Crippen LogP contribution is 2.24. The Morgan fingerprint density at radius 3 is 2.27 bits per heavy atom. The molecule has 0 atom stereocenters. The largest absolute Gasteiger partial charge is 0.454 e. The fourth-order valence-electron chi connectivity index (χ4n) is 2.28. The first-order valence-corrected chi connectivity index (χ1v) is 8.22. The molecule has 2 aromatic carbocycles. The number of nitro benzene ring substituents is 1. The molecule has 0 N–H and O–H groups in total. The zero-order chi connectivity index (χ0) is 19.5. The third-order valence-electron chi connectivity index (χ3n) is 3.78. The van der Waals surface area contributed by atoms with E-state index in [0.717, 1.165) is 11.6 Å². The summed E-state index contributed by atoms with van der Waals surface area (Å²) < 4.78 is 4.94. The predicted molar refractivity (Wildman–Crippen MR) is 97.9 cm³/mol. The summed E-state index contributed by atoms with van der Waals surface area (Å²) in [6.07, 6.45) is 0. The second-order valence-corrected chi connectivity index (χ2v) is 7.18. The van der Waals surface area contributed by atoms with Crippen molar-refractivity contribution < 1.29 is 19.2 Å². The van der Waals surface area contributed by atoms with Crippen molar-refractivity contribution in [2.45, 2.75) is 26.2 Å². The van der Waals surface area contributed by atoms with Crippen LogP contribution in [-0.4, -0.2) is 23.3 Å². The number of hydrogen-bond acceptors (Lipinski definition) is 5. The lowest BCUT2D eigenvalue weighted by Crippen LogP contribution is -2.16. The van der Waals surface area contributed by atoms with E-state index < -0.39 is 29.0 Å². The molecule has 6 nitrogen and oxygen atoms in total. The second-order valence-electron chi connectivity index (χ2n) is 6.75. The molecule has 0 aliphatic carbocycles. The van der Waals surface area contributed by atoms with Gasteiger partial charge in [0.05, 0.1) is 4.92 Å². The average molecular weight is 376 g/mol. The van der Waals surface area contributed by atoms with Gasteiger partial charge in [-0.3, -0.25) is 14.9 Å². The number of carbonyl (C=O) groups is 2. The molecule has 0 heterocycles. The van der Waals surface area contributed by atoms with Crippen molar-refractivity contribution in [2.24, 2.45) is 0 Å². The van der Waals surface area contributed by atoms with Gasteiger partial charge in [-0.2, -0.15) is 0 Å². The first-order chi connectivity index (χ1) is 12.1. The molecule has 0 spiro atoms. The van der Waals surface area contributed by atoms with E-state index in [9.17, 15) is 19.7 Å². The molecule has 136 valence electrons. The van der Waals surface area contributed by atoms with Crippen LogP contribution in [0.15, 0.2) is 42.5 Å². The smallest absolute Gasteiger partial charge is 0.345 e. The Balaban J connectivity index is 2.08. The standard InChI is InChI=1S/C19H18ClNO5/c1-19(2,3)13-6-4-12(5-7-13)17(22)11-26-18(23)15-9-8-14(20)10-16(15)21(24)25/h4-10H,11H2,1-3H3. The number of hydrogen-bond donors (Lipinski definition) is 0. The second kappa shape index (κ2) is 7.66. The van der Waals surface area contributed by atoms with Gasteiger partial charge in [0.25, 0.3) is 5.69 Å². The fourth-order valence-corrected chi connectivity index (χ4v) is 2.44. The lowest BCUT2D eigenvalue weighted by Gasteiger charge is -2.18. The topological polar surface area (TPSA) is 86.5 Å². The van der Waals surface area contributed by atoms with Gasteiger partial charge in [-0.1, -0.05) is 56.6 Å². The van der Waals surface area contributed by atoms with E-state index in [1.165, 1.54) is 12.1 Å². The summed E-state index contributed by atoms with van der Waals surface area (Å²) in [6.45, 7) is 5.67. The molecule has 2 aromatic rings. The van der Waals surface area contributed by atoms with Crippen LogP contribution in [0.5, 0.6) is 0 Å². The van der Waals surface area contributed by atoms with Crippen molar-refractivity contribution in [1.29, 1.82) is 0 Å². The number of nitro groups is 1. The Morgan fingerprint density at radius 1 is 1.12 bits per heavy atom. The molecule has 0 aliphatic rings. The van der Waals surface area contributed by atoms with E-state index >= 15 is 0 Å². The van der Waals surface area contributed by atoms with E-state index in [-0.39, 0.29) is 16.0 Å². The first kappa shape index (κ1) is 19.6. The van der Waals surface area contributed by atoms with Crippen LogP contribution < -0.4 is 0 Å². The monoisotopic (exact) mass is 375 g/mol. The molecule has 0 bridgehead atoms. The molecule has 0 saturated heterocycles. The van der Waals surface area contributed by atoms with Gasteiger partial charge < -0.3 is 4.74 Å². The van der Waals surface area contributed by atoms with Gasteiger partial charge in [0.15, 0.2) is 12.4 Å². The average Bonchev–Trinajstić information content (AvgIpc) is 2.58. The van der Waals surface area contributed by atoms with E-state index in [1.54, 1.807) is 12.1 Å². The zero-order valence-corrected chi connectivity index (χ0v) is 15.4. The minimum Gasteiger partial charge on any atom is -0.454 e. The van der Waals surface area contributed by atoms with Crippen LogP contribution in [0.25, 0.3) is 0 Å². The van der Waals surface area contributed by atoms with Crippen molar-refractivity contribution in [3.05, 3.63) is 74.3 Å². The van der Waals surface area contributed by atoms with Crippen LogP contribution in [0, 0.1) is 10.1 Å². The Morgan fingerprint density at radius 2 is 1.73 bits per heavy atom. The number of carbonyl (C=O) groups excluding carboxylic acids is 2. The first-order valence-electron chi connectivity index (χ1n) is 7.84. The molecular weight excluding hydrogens is 358 g/mol. The maximum atomic E-state index is 12.2. The predicted octanol–water partition coefficient (Wildman–Crippen LogP) is 4.59. The Labute approximate surface area is 155 Å². The highest BCUT2D eigenvalue weighted by Gasteiger charge is 2.23. The highest BCUT2D eigenvalue weighted by molar-refractivity contribution is 6.31. The van der Waals surface area contributed by atoms with E-state index in [1.807, 2.05) is 12.1 Å². The normalized spacial score (nSPS) is 11.1. The van der Waals surface area contributed by atoms with Crippen LogP contribution in [0.3, 0.4) is 0 Å². The Kier molecular flexibility index (Phi) is 5.77. The molecule has 0 saturated carbocycles. The summed E-state index contributed by atoms with van der Waals surface area (Å²) >= 11 is 5.71. The number of rotatable bonds is 5. The molecule has 0 fully saturated rings. The van der Waals surface area contributed by atoms with E-state index in [4.69, 9.17) is 16.3 Å². The van der Waals surface area contributed by atoms with Crippen molar-refractivity contribution in [3.63, 3.8) is 0 Å². The van der Waals surface area contributed by atoms with Gasteiger partial charge in [-0.15, -0.1) is 0 Å². The van der Waals surface area contributed by atoms with E-state index in [0.29, 0.717) is 5.56 Å². The molecule has 0 unspecified atom stereocenters. The minimum atomic E-state index is -0.951. The summed E-state index contributed by atoms with van der Waals surface area (Å²) in [5.41, 5.74) is 0.709. The SMILES string of the molecule is CC(C)(C)c1ccc(C(=O)COC(=O)c2ccc(Cl)cc2[N+](=O)[O-])cc1. The van der Waals surface area contributed by atoms with Gasteiger partial charge in [-0.05, 0) is 23.1 Å². The molecule has 0 aliphatic heterocycles. The fraction of sp³-hybridized carbons (Fsp3) is 0.263. The Hall–Kier alpha value is -2.73. The van der Waals surface area contributed by atoms with Gasteiger partial charge in [0.1, 0.15) is 5.56 Å². The summed E-state index contributed by atoms with van der Waals surface area (Å²) in [6, 6.07) is 10.6. The minimum absolute atomic E-state index is 0.0401. The molecule has 7 heteroatoms. The Bertz CT molecular complexity index is 853. The van der Waals surface area contributed by atoms with Crippen molar-refractivity contribution in [2.75, 3.05) is 6.61 Å². The summed E-state index contributed by atoms with van der Waals surface area (Å²) in [5.74, 6) is -1.34. The van der Waals surface area contributed by atoms with E-state index in [2.05, 4.69) is 20.8 Å². The van der Waals surface area contributed by atoms with Gasteiger partial charge in [-0.25, -0.2) is 4.79 Å². The number of Topliss-reactive ketones (excluding diaryl/α,β-unsaturated/α-hetero) is 1. The summed E-state index contributed by atoms with van der Waals surface area (Å²) in [5, 5.41) is 11.2. The van der Waals surface area contributed by atoms with Crippen molar-refractivity contribution in [1.82, 2.24) is 0 Å². The maximum Gasteiger partial charge on any atom is 0.345 e. The van der Waals surface area contributed by atoms with Crippen molar-refractivity contribution >= 4 is 29.0 Å². The molecule has 0 aromatic heterocycles. The summed E-state index contributed by atoms with van der Waals surface area (Å²) in [7, 11) is 0. The lowest BCUT2D eigenvalue weighted by atomic mass is 9.86. The third kappa shape index (κ3) is 4.67. The number of esters is 1. The van der Waals surface area contributed by atoms with Crippen LogP contribution >= 0.6 is 11.6 Å². The van der Waals surface area contributed by atoms with Crippen LogP contribution in [0.2, 0.25) is 5.02 Å². The molecule has 0 amide bonds.